The Labute approximate surface area is 165 Å². The fraction of sp³-hybridized carbons (Fsp3) is 0.462. The molecule has 1 aromatic rings. The third kappa shape index (κ3) is 4.20. The van der Waals surface area contributed by atoms with Crippen molar-refractivity contribution >= 4 is 53.1 Å². The number of nitrogens with zero attached hydrogens (tertiary/aromatic N) is 5. The Balaban J connectivity index is 1.66. The Morgan fingerprint density at radius 1 is 1.52 bits per heavy atom. The summed E-state index contributed by atoms with van der Waals surface area (Å²) in [5.74, 6) is -1.01. The lowest BCUT2D eigenvalue weighted by Crippen LogP contribution is -2.70. The fourth-order valence-corrected chi connectivity index (χ4v) is 5.25. The average molecular weight is 427 g/mol. The van der Waals surface area contributed by atoms with Gasteiger partial charge in [-0.1, -0.05) is 11.8 Å². The van der Waals surface area contributed by atoms with Crippen molar-refractivity contribution in [1.29, 1.82) is 5.26 Å². The molecule has 0 spiro atoms. The Morgan fingerprint density at radius 2 is 2.33 bits per heavy atom. The molecule has 2 amide bonds. The smallest absolute Gasteiger partial charge is 0.352 e. The van der Waals surface area contributed by atoms with E-state index < -0.39 is 23.3 Å². The molecule has 0 radical (unpaired) electrons. The number of fused-ring (bicyclic) bond motifs is 1. The van der Waals surface area contributed by atoms with Gasteiger partial charge in [0, 0.05) is 11.5 Å². The van der Waals surface area contributed by atoms with Crippen molar-refractivity contribution in [1.82, 2.24) is 30.8 Å². The molecule has 14 heteroatoms. The van der Waals surface area contributed by atoms with Crippen LogP contribution in [-0.4, -0.2) is 82.8 Å². The molecule has 142 valence electrons. The summed E-state index contributed by atoms with van der Waals surface area (Å²) in [4.78, 5) is 37.3. The maximum atomic E-state index is 12.4. The summed E-state index contributed by atoms with van der Waals surface area (Å²) >= 11 is 3.76. The molecule has 1 fully saturated rings. The molecule has 2 atom stereocenters. The van der Waals surface area contributed by atoms with Crippen LogP contribution in [0.2, 0.25) is 0 Å². The lowest BCUT2D eigenvalue weighted by Gasteiger charge is -2.49. The average Bonchev–Trinajstić information content (AvgIpc) is 3.17. The number of rotatable bonds is 8. The molecule has 2 unspecified atom stereocenters. The summed E-state index contributed by atoms with van der Waals surface area (Å²) in [6, 6.07) is 1.16. The predicted molar refractivity (Wildman–Crippen MR) is 97.5 cm³/mol. The minimum absolute atomic E-state index is 0.0518. The van der Waals surface area contributed by atoms with Gasteiger partial charge in [-0.2, -0.15) is 10.5 Å². The van der Waals surface area contributed by atoms with Crippen molar-refractivity contribution in [3.05, 3.63) is 11.3 Å². The standard InChI is InChI=1S/C13H13N7O4S3/c14-1-2-25-5-7(21)15-8-10(22)20-9(12(23)24)6(3-26-11(8)20)4-27-13-16-18-19-17-13/h8,11H,2-5H2,(H,15,21)(H,23,24)(H,16,17,18,19). The molecule has 3 heterocycles. The van der Waals surface area contributed by atoms with Crippen LogP contribution in [-0.2, 0) is 14.4 Å². The SMILES string of the molecule is N#CCSCC(=O)NC1C(=O)N2C(C(=O)O)=C(CSc3nn[nH]n3)CSC12. The molecule has 2 aliphatic rings. The first kappa shape index (κ1) is 19.5. The van der Waals surface area contributed by atoms with Crippen LogP contribution >= 0.6 is 35.3 Å². The minimum atomic E-state index is -1.19. The van der Waals surface area contributed by atoms with E-state index in [4.69, 9.17) is 5.26 Å². The van der Waals surface area contributed by atoms with Gasteiger partial charge in [0.1, 0.15) is 17.1 Å². The van der Waals surface area contributed by atoms with Crippen LogP contribution in [0.15, 0.2) is 16.4 Å². The summed E-state index contributed by atoms with van der Waals surface area (Å²) in [6.07, 6.45) is 0. The maximum Gasteiger partial charge on any atom is 0.352 e. The highest BCUT2D eigenvalue weighted by Gasteiger charge is 2.54. The highest BCUT2D eigenvalue weighted by Crippen LogP contribution is 2.41. The summed E-state index contributed by atoms with van der Waals surface area (Å²) in [6.45, 7) is 0. The van der Waals surface area contributed by atoms with E-state index in [0.29, 0.717) is 22.2 Å². The van der Waals surface area contributed by atoms with Crippen LogP contribution in [0.3, 0.4) is 0 Å². The van der Waals surface area contributed by atoms with Gasteiger partial charge >= 0.3 is 5.97 Å². The summed E-state index contributed by atoms with van der Waals surface area (Å²) in [5.41, 5.74) is 0.533. The number of hydrogen-bond acceptors (Lipinski definition) is 10. The van der Waals surface area contributed by atoms with Crippen molar-refractivity contribution in [3.63, 3.8) is 0 Å². The van der Waals surface area contributed by atoms with Crippen LogP contribution < -0.4 is 5.32 Å². The minimum Gasteiger partial charge on any atom is -0.477 e. The number of carboxylic acids is 1. The van der Waals surface area contributed by atoms with E-state index >= 15 is 0 Å². The highest BCUT2D eigenvalue weighted by atomic mass is 32.2. The second kappa shape index (κ2) is 8.63. The molecule has 0 bridgehead atoms. The largest absolute Gasteiger partial charge is 0.477 e. The van der Waals surface area contributed by atoms with Gasteiger partial charge in [-0.05, 0) is 10.8 Å². The molecule has 3 N–H and O–H groups in total. The summed E-state index contributed by atoms with van der Waals surface area (Å²) < 4.78 is 0. The summed E-state index contributed by atoms with van der Waals surface area (Å²) in [5, 5.41) is 34.0. The van der Waals surface area contributed by atoms with Crippen LogP contribution in [0.25, 0.3) is 0 Å². The number of carboxylic acid groups (broad SMARTS) is 1. The molecule has 11 nitrogen and oxygen atoms in total. The van der Waals surface area contributed by atoms with Gasteiger partial charge in [-0.3, -0.25) is 14.5 Å². The lowest BCUT2D eigenvalue weighted by atomic mass is 10.0. The van der Waals surface area contributed by atoms with E-state index in [0.717, 1.165) is 11.8 Å². The topological polar surface area (TPSA) is 165 Å². The number of aliphatic carboxylic acids is 1. The Kier molecular flexibility index (Phi) is 6.24. The van der Waals surface area contributed by atoms with Crippen molar-refractivity contribution < 1.29 is 19.5 Å². The fourth-order valence-electron chi connectivity index (χ4n) is 2.56. The van der Waals surface area contributed by atoms with Gasteiger partial charge in [-0.25, -0.2) is 4.79 Å². The summed E-state index contributed by atoms with van der Waals surface area (Å²) in [7, 11) is 0. The third-order valence-electron chi connectivity index (χ3n) is 3.67. The quantitative estimate of drug-likeness (QED) is 0.272. The molecule has 1 saturated heterocycles. The molecule has 3 rings (SSSR count). The van der Waals surface area contributed by atoms with Gasteiger partial charge in [0.25, 0.3) is 5.91 Å². The Morgan fingerprint density at radius 3 is 3.00 bits per heavy atom. The first-order valence-electron chi connectivity index (χ1n) is 7.53. The van der Waals surface area contributed by atoms with E-state index in [9.17, 15) is 19.5 Å². The van der Waals surface area contributed by atoms with Crippen LogP contribution in [0, 0.1) is 11.3 Å². The molecule has 1 aromatic heterocycles. The van der Waals surface area contributed by atoms with Crippen LogP contribution in [0.1, 0.15) is 0 Å². The molecular formula is C13H13N7O4S3. The molecule has 0 saturated carbocycles. The third-order valence-corrected chi connectivity index (χ3v) is 6.73. The van der Waals surface area contributed by atoms with E-state index in [1.165, 1.54) is 28.4 Å². The number of hydrogen-bond donors (Lipinski definition) is 3. The Bertz CT molecular complexity index is 822. The van der Waals surface area contributed by atoms with E-state index in [2.05, 4.69) is 25.9 Å². The Hall–Kier alpha value is -2.24. The second-order valence-electron chi connectivity index (χ2n) is 5.35. The predicted octanol–water partition coefficient (Wildman–Crippen LogP) is -0.713. The number of tetrazole rings is 1. The van der Waals surface area contributed by atoms with E-state index in [1.54, 1.807) is 0 Å². The zero-order chi connectivity index (χ0) is 19.4. The highest BCUT2D eigenvalue weighted by molar-refractivity contribution is 8.01. The van der Waals surface area contributed by atoms with Gasteiger partial charge in [0.05, 0.1) is 17.6 Å². The van der Waals surface area contributed by atoms with Gasteiger partial charge in [0.15, 0.2) is 0 Å². The van der Waals surface area contributed by atoms with E-state index in [1.807, 2.05) is 6.07 Å². The molecule has 0 aliphatic carbocycles. The van der Waals surface area contributed by atoms with Gasteiger partial charge < -0.3 is 10.4 Å². The number of nitriles is 1. The maximum absolute atomic E-state index is 12.4. The van der Waals surface area contributed by atoms with Crippen molar-refractivity contribution in [2.24, 2.45) is 0 Å². The van der Waals surface area contributed by atoms with Gasteiger partial charge in [-0.15, -0.1) is 33.7 Å². The first-order valence-corrected chi connectivity index (χ1v) is 10.7. The second-order valence-corrected chi connectivity index (χ2v) is 8.38. The van der Waals surface area contributed by atoms with Crippen molar-refractivity contribution in [2.45, 2.75) is 16.6 Å². The number of carbonyl (C=O) groups is 3. The number of β-lactam (4-membered cyclic amide) rings is 1. The van der Waals surface area contributed by atoms with Crippen LogP contribution in [0.5, 0.6) is 0 Å². The number of nitrogens with one attached hydrogen (secondary N) is 2. The molecule has 2 aliphatic heterocycles. The molecule has 0 aromatic carbocycles. The van der Waals surface area contributed by atoms with Crippen molar-refractivity contribution in [2.75, 3.05) is 23.0 Å². The van der Waals surface area contributed by atoms with Gasteiger partial charge in [0.2, 0.25) is 11.1 Å². The van der Waals surface area contributed by atoms with Crippen molar-refractivity contribution in [3.8, 4) is 6.07 Å². The monoisotopic (exact) mass is 427 g/mol. The van der Waals surface area contributed by atoms with Crippen LogP contribution in [0.4, 0.5) is 0 Å². The lowest BCUT2D eigenvalue weighted by molar-refractivity contribution is -0.150. The normalized spacial score (nSPS) is 21.3. The molecular weight excluding hydrogens is 414 g/mol. The zero-order valence-corrected chi connectivity index (χ0v) is 16.1. The number of aromatic amines is 1. The number of H-pyrrole nitrogens is 1. The number of thioether (sulfide) groups is 3. The number of carbonyl (C=O) groups excluding carboxylic acids is 2. The molecule has 27 heavy (non-hydrogen) atoms. The van der Waals surface area contributed by atoms with E-state index in [-0.39, 0.29) is 23.1 Å². The zero-order valence-electron chi connectivity index (χ0n) is 13.6. The number of amides is 2. The number of aromatic nitrogens is 4. The first-order chi connectivity index (χ1) is 13.0.